The van der Waals surface area contributed by atoms with Crippen LogP contribution >= 0.6 is 0 Å². The molecule has 0 N–H and O–H groups in total. The molecule has 3 rings (SSSR count). The zero-order valence-electron chi connectivity index (χ0n) is 8.68. The van der Waals surface area contributed by atoms with Crippen molar-refractivity contribution in [2.75, 3.05) is 0 Å². The Balaban J connectivity index is 2.08. The maximum Gasteiger partial charge on any atom is 0.220 e. The fourth-order valence-electron chi connectivity index (χ4n) is 2.90. The maximum atomic E-state index is 11.6. The molecular weight excluding hydrogens is 190 g/mol. The van der Waals surface area contributed by atoms with Crippen LogP contribution in [0, 0.1) is 0 Å². The highest BCUT2D eigenvalue weighted by atomic mass is 16.2. The first kappa shape index (κ1) is 8.83. The lowest BCUT2D eigenvalue weighted by atomic mass is 9.99. The molecule has 2 aliphatic rings. The number of carbonyl (C=O) groups excluding carboxylic acids is 1. The Kier molecular flexibility index (Phi) is 1.78. The highest BCUT2D eigenvalue weighted by Crippen LogP contribution is 2.42. The third kappa shape index (κ3) is 1.17. The summed E-state index contributed by atoms with van der Waals surface area (Å²) >= 11 is 0. The molecule has 1 amide bonds. The maximum absolute atomic E-state index is 11.6. The largest absolute Gasteiger partial charge is 0.332 e. The van der Waals surface area contributed by atoms with E-state index in [1.807, 2.05) is 11.1 Å². The van der Waals surface area contributed by atoms with Gasteiger partial charge in [-0.15, -0.1) is 0 Å². The Morgan fingerprint density at radius 1 is 1.53 bits per heavy atom. The minimum atomic E-state index is 0.178. The van der Waals surface area contributed by atoms with Crippen LogP contribution in [0.4, 0.5) is 0 Å². The Bertz CT molecular complexity index is 418. The average molecular weight is 203 g/mol. The van der Waals surface area contributed by atoms with Gasteiger partial charge in [-0.3, -0.25) is 4.79 Å². The van der Waals surface area contributed by atoms with E-state index in [1.54, 1.807) is 13.3 Å². The van der Waals surface area contributed by atoms with Gasteiger partial charge in [0.25, 0.3) is 0 Å². The van der Waals surface area contributed by atoms with E-state index in [4.69, 9.17) is 0 Å². The van der Waals surface area contributed by atoms with Crippen molar-refractivity contribution in [1.82, 2.24) is 14.9 Å². The second kappa shape index (κ2) is 3.02. The zero-order chi connectivity index (χ0) is 10.4. The molecule has 0 aromatic carbocycles. The predicted molar refractivity (Wildman–Crippen MR) is 54.0 cm³/mol. The molecule has 2 unspecified atom stereocenters. The molecule has 1 fully saturated rings. The summed E-state index contributed by atoms with van der Waals surface area (Å²) in [5, 5.41) is 0. The molecule has 15 heavy (non-hydrogen) atoms. The standard InChI is InChI=1S/C11H13N3O/c1-7(15)14-8-2-3-11(14)9-5-12-6-13-10(9)4-8/h5-6,8,11H,2-4H2,1H3. The number of fused-ring (bicyclic) bond motifs is 4. The lowest BCUT2D eigenvalue weighted by Crippen LogP contribution is -2.40. The van der Waals surface area contributed by atoms with Gasteiger partial charge in [0.1, 0.15) is 6.33 Å². The summed E-state index contributed by atoms with van der Waals surface area (Å²) in [6, 6.07) is 0.604. The molecule has 0 radical (unpaired) electrons. The smallest absolute Gasteiger partial charge is 0.220 e. The van der Waals surface area contributed by atoms with Crippen molar-refractivity contribution in [1.29, 1.82) is 0 Å². The monoisotopic (exact) mass is 203 g/mol. The normalized spacial score (nSPS) is 27.7. The number of nitrogens with zero attached hydrogens (tertiary/aromatic N) is 3. The van der Waals surface area contributed by atoms with Crippen molar-refractivity contribution < 1.29 is 4.79 Å². The molecule has 0 saturated carbocycles. The summed E-state index contributed by atoms with van der Waals surface area (Å²) < 4.78 is 0. The van der Waals surface area contributed by atoms with E-state index in [9.17, 15) is 4.79 Å². The minimum Gasteiger partial charge on any atom is -0.332 e. The van der Waals surface area contributed by atoms with Gasteiger partial charge in [-0.25, -0.2) is 9.97 Å². The summed E-state index contributed by atoms with van der Waals surface area (Å²) in [4.78, 5) is 21.9. The molecule has 4 heteroatoms. The summed E-state index contributed by atoms with van der Waals surface area (Å²) in [7, 11) is 0. The number of carbonyl (C=O) groups is 1. The Labute approximate surface area is 88.3 Å². The average Bonchev–Trinajstić information content (AvgIpc) is 2.55. The molecule has 2 bridgehead atoms. The van der Waals surface area contributed by atoms with Crippen LogP contribution in [0.1, 0.15) is 37.1 Å². The third-order valence-corrected chi connectivity index (χ3v) is 3.48. The van der Waals surface area contributed by atoms with Crippen molar-refractivity contribution in [3.8, 4) is 0 Å². The van der Waals surface area contributed by atoms with Crippen molar-refractivity contribution in [2.45, 2.75) is 38.3 Å². The van der Waals surface area contributed by atoms with Gasteiger partial charge in [-0.2, -0.15) is 0 Å². The van der Waals surface area contributed by atoms with Crippen molar-refractivity contribution in [3.63, 3.8) is 0 Å². The molecule has 2 aliphatic heterocycles. The first-order valence-corrected chi connectivity index (χ1v) is 5.35. The van der Waals surface area contributed by atoms with Crippen LogP contribution < -0.4 is 0 Å². The van der Waals surface area contributed by atoms with Crippen molar-refractivity contribution in [2.24, 2.45) is 0 Å². The highest BCUT2D eigenvalue weighted by molar-refractivity contribution is 5.75. The number of rotatable bonds is 0. The second-order valence-corrected chi connectivity index (χ2v) is 4.30. The molecule has 0 aliphatic carbocycles. The van der Waals surface area contributed by atoms with Crippen LogP contribution in [0.15, 0.2) is 12.5 Å². The van der Waals surface area contributed by atoms with Gasteiger partial charge in [0, 0.05) is 31.1 Å². The number of amides is 1. The van der Waals surface area contributed by atoms with Gasteiger partial charge in [0.15, 0.2) is 0 Å². The van der Waals surface area contributed by atoms with Gasteiger partial charge < -0.3 is 4.90 Å². The van der Waals surface area contributed by atoms with E-state index in [0.29, 0.717) is 6.04 Å². The van der Waals surface area contributed by atoms with Crippen LogP contribution in [0.25, 0.3) is 0 Å². The Hall–Kier alpha value is -1.45. The summed E-state index contributed by atoms with van der Waals surface area (Å²) in [5.74, 6) is 0.178. The predicted octanol–water partition coefficient (Wildman–Crippen LogP) is 1.08. The lowest BCUT2D eigenvalue weighted by molar-refractivity contribution is -0.132. The van der Waals surface area contributed by atoms with Crippen LogP contribution in [-0.4, -0.2) is 26.8 Å². The van der Waals surface area contributed by atoms with Gasteiger partial charge >= 0.3 is 0 Å². The van der Waals surface area contributed by atoms with Crippen molar-refractivity contribution >= 4 is 5.91 Å². The molecular formula is C11H13N3O. The van der Waals surface area contributed by atoms with E-state index < -0.39 is 0 Å². The number of aromatic nitrogens is 2. The Morgan fingerprint density at radius 2 is 2.40 bits per heavy atom. The van der Waals surface area contributed by atoms with Gasteiger partial charge in [-0.05, 0) is 12.8 Å². The molecule has 78 valence electrons. The van der Waals surface area contributed by atoms with Gasteiger partial charge in [0.05, 0.1) is 11.7 Å². The first-order chi connectivity index (χ1) is 7.27. The van der Waals surface area contributed by atoms with Gasteiger partial charge in [0.2, 0.25) is 5.91 Å². The zero-order valence-corrected chi connectivity index (χ0v) is 8.68. The fourth-order valence-corrected chi connectivity index (χ4v) is 2.90. The highest BCUT2D eigenvalue weighted by Gasteiger charge is 2.41. The fraction of sp³-hybridized carbons (Fsp3) is 0.545. The van der Waals surface area contributed by atoms with E-state index in [2.05, 4.69) is 9.97 Å². The minimum absolute atomic E-state index is 0.178. The van der Waals surface area contributed by atoms with E-state index in [-0.39, 0.29) is 11.9 Å². The topological polar surface area (TPSA) is 46.1 Å². The summed E-state index contributed by atoms with van der Waals surface area (Å²) in [6.45, 7) is 1.65. The Morgan fingerprint density at radius 3 is 3.20 bits per heavy atom. The van der Waals surface area contributed by atoms with Gasteiger partial charge in [-0.1, -0.05) is 0 Å². The van der Waals surface area contributed by atoms with Crippen LogP contribution in [-0.2, 0) is 11.2 Å². The van der Waals surface area contributed by atoms with Crippen LogP contribution in [0.2, 0.25) is 0 Å². The van der Waals surface area contributed by atoms with Crippen molar-refractivity contribution in [3.05, 3.63) is 23.8 Å². The van der Waals surface area contributed by atoms with Crippen LogP contribution in [0.3, 0.4) is 0 Å². The molecule has 1 saturated heterocycles. The second-order valence-electron chi connectivity index (χ2n) is 4.30. The van der Waals surface area contributed by atoms with Crippen LogP contribution in [0.5, 0.6) is 0 Å². The molecule has 3 heterocycles. The molecule has 4 nitrogen and oxygen atoms in total. The summed E-state index contributed by atoms with van der Waals surface area (Å²) in [6.07, 6.45) is 6.52. The quantitative estimate of drug-likeness (QED) is 0.634. The molecule has 2 atom stereocenters. The lowest BCUT2D eigenvalue weighted by Gasteiger charge is -2.34. The SMILES string of the molecule is CC(=O)N1C2CCC1c1cncnc1C2. The van der Waals surface area contributed by atoms with E-state index in [1.165, 1.54) is 0 Å². The van der Waals surface area contributed by atoms with E-state index >= 15 is 0 Å². The molecule has 1 aromatic rings. The first-order valence-electron chi connectivity index (χ1n) is 5.35. The number of hydrogen-bond donors (Lipinski definition) is 0. The molecule has 1 aromatic heterocycles. The number of hydrogen-bond acceptors (Lipinski definition) is 3. The summed E-state index contributed by atoms with van der Waals surface area (Å²) in [5.41, 5.74) is 2.29. The van der Waals surface area contributed by atoms with E-state index in [0.717, 1.165) is 30.5 Å². The molecule has 0 spiro atoms. The third-order valence-electron chi connectivity index (χ3n) is 3.48.